The molecule has 1 amide bonds. The molecule has 0 saturated heterocycles. The van der Waals surface area contributed by atoms with E-state index in [9.17, 15) is 4.79 Å². The zero-order valence-electron chi connectivity index (χ0n) is 11.2. The number of hydrogen-bond acceptors (Lipinski definition) is 6. The maximum Gasteiger partial charge on any atom is 0.209 e. The van der Waals surface area contributed by atoms with E-state index in [2.05, 4.69) is 0 Å². The van der Waals surface area contributed by atoms with Crippen LogP contribution >= 0.6 is 0 Å². The first-order valence-corrected chi connectivity index (χ1v) is 5.75. The first kappa shape index (κ1) is 19.6. The summed E-state index contributed by atoms with van der Waals surface area (Å²) in [6, 6.07) is 0. The van der Waals surface area contributed by atoms with Crippen molar-refractivity contribution in [1.82, 2.24) is 4.90 Å². The topological polar surface area (TPSA) is 88.5 Å². The molecule has 0 aromatic rings. The summed E-state index contributed by atoms with van der Waals surface area (Å²) in [6.07, 6.45) is 0.750. The van der Waals surface area contributed by atoms with Gasteiger partial charge in [-0.2, -0.15) is 0 Å². The predicted octanol–water partition coefficient (Wildman–Crippen LogP) is -1.27. The molecule has 0 aliphatic heterocycles. The molecule has 0 saturated carbocycles. The van der Waals surface area contributed by atoms with Crippen LogP contribution in [-0.4, -0.2) is 88.5 Å². The van der Waals surface area contributed by atoms with Crippen LogP contribution in [0.25, 0.3) is 0 Å². The highest BCUT2D eigenvalue weighted by atomic mass is 16.5. The zero-order valence-corrected chi connectivity index (χ0v) is 11.2. The Morgan fingerprint density at radius 1 is 0.833 bits per heavy atom. The Morgan fingerprint density at radius 2 is 1.11 bits per heavy atom. The second-order valence-electron chi connectivity index (χ2n) is 3.35. The van der Waals surface area contributed by atoms with E-state index in [1.165, 1.54) is 4.90 Å². The molecule has 0 unspecified atom stereocenters. The molecular weight excluding hydrogens is 242 g/mol. The van der Waals surface area contributed by atoms with Crippen molar-refractivity contribution >= 4 is 6.41 Å². The van der Waals surface area contributed by atoms with Crippen LogP contribution in [0.15, 0.2) is 0 Å². The molecule has 7 heteroatoms. The van der Waals surface area contributed by atoms with E-state index in [4.69, 9.17) is 24.4 Å². The summed E-state index contributed by atoms with van der Waals surface area (Å²) in [5.74, 6) is 0. The quantitative estimate of drug-likeness (QED) is 0.358. The zero-order chi connectivity index (χ0) is 14.1. The fraction of sp³-hybridized carbons (Fsp3) is 0.909. The molecule has 18 heavy (non-hydrogen) atoms. The molecule has 0 aromatic heterocycles. The van der Waals surface area contributed by atoms with Gasteiger partial charge in [0.1, 0.15) is 0 Å². The molecule has 0 bridgehead atoms. The van der Waals surface area contributed by atoms with Crippen LogP contribution in [0.5, 0.6) is 0 Å². The van der Waals surface area contributed by atoms with Gasteiger partial charge in [-0.25, -0.2) is 0 Å². The lowest BCUT2D eigenvalue weighted by Gasteiger charge is -2.04. The maximum atomic E-state index is 9.43. The van der Waals surface area contributed by atoms with Crippen LogP contribution in [-0.2, 0) is 19.0 Å². The molecule has 110 valence electrons. The summed E-state index contributed by atoms with van der Waals surface area (Å²) in [4.78, 5) is 10.9. The molecular formula is C11H25NO6. The Balaban J connectivity index is 0. The van der Waals surface area contributed by atoms with Crippen LogP contribution in [0, 0.1) is 0 Å². The van der Waals surface area contributed by atoms with Crippen LogP contribution < -0.4 is 0 Å². The molecule has 0 aliphatic carbocycles. The molecule has 7 nitrogen and oxygen atoms in total. The van der Waals surface area contributed by atoms with Crippen molar-refractivity contribution in [2.75, 3.05) is 67.0 Å². The number of aliphatic hydroxyl groups excluding tert-OH is 2. The third-order valence-electron chi connectivity index (χ3n) is 1.43. The summed E-state index contributed by atoms with van der Waals surface area (Å²) in [7, 11) is 3.38. The Morgan fingerprint density at radius 3 is 1.33 bits per heavy atom. The molecule has 0 atom stereocenters. The van der Waals surface area contributed by atoms with E-state index >= 15 is 0 Å². The Bertz CT molecular complexity index is 146. The van der Waals surface area contributed by atoms with Gasteiger partial charge in [-0.1, -0.05) is 0 Å². The summed E-state index contributed by atoms with van der Waals surface area (Å²) >= 11 is 0. The Kier molecular flexibility index (Phi) is 20.3. The van der Waals surface area contributed by atoms with Crippen LogP contribution in [0.2, 0.25) is 0 Å². The average molecular weight is 267 g/mol. The number of aliphatic hydroxyl groups is 2. The van der Waals surface area contributed by atoms with Crippen molar-refractivity contribution in [2.45, 2.75) is 0 Å². The van der Waals surface area contributed by atoms with Crippen molar-refractivity contribution < 1.29 is 29.2 Å². The van der Waals surface area contributed by atoms with Gasteiger partial charge in [-0.05, 0) is 0 Å². The second kappa shape index (κ2) is 18.6. The number of carbonyl (C=O) groups excluding carboxylic acids is 1. The highest BCUT2D eigenvalue weighted by molar-refractivity contribution is 5.45. The number of rotatable bonds is 11. The molecule has 0 fully saturated rings. The minimum Gasteiger partial charge on any atom is -0.394 e. The number of hydrogen-bond donors (Lipinski definition) is 2. The second-order valence-corrected chi connectivity index (χ2v) is 3.35. The molecule has 0 aromatic carbocycles. The van der Waals surface area contributed by atoms with Gasteiger partial charge in [-0.3, -0.25) is 4.79 Å². The minimum atomic E-state index is 0.0413. The number of amides is 1. The smallest absolute Gasteiger partial charge is 0.209 e. The highest BCUT2D eigenvalue weighted by Gasteiger charge is 1.89. The van der Waals surface area contributed by atoms with Crippen molar-refractivity contribution in [3.05, 3.63) is 0 Å². The van der Waals surface area contributed by atoms with E-state index in [-0.39, 0.29) is 13.2 Å². The van der Waals surface area contributed by atoms with Gasteiger partial charge in [0.15, 0.2) is 0 Å². The summed E-state index contributed by atoms with van der Waals surface area (Å²) in [5.41, 5.74) is 0. The Hall–Kier alpha value is -0.730. The number of carbonyl (C=O) groups is 1. The maximum absolute atomic E-state index is 9.43. The van der Waals surface area contributed by atoms with Gasteiger partial charge in [0.2, 0.25) is 6.41 Å². The van der Waals surface area contributed by atoms with Gasteiger partial charge in [0.25, 0.3) is 0 Å². The first-order chi connectivity index (χ1) is 8.68. The van der Waals surface area contributed by atoms with E-state index in [1.54, 1.807) is 14.1 Å². The lowest BCUT2D eigenvalue weighted by Crippen LogP contribution is -2.11. The van der Waals surface area contributed by atoms with E-state index in [0.717, 1.165) is 6.41 Å². The lowest BCUT2D eigenvalue weighted by molar-refractivity contribution is -0.115. The number of ether oxygens (including phenoxy) is 3. The highest BCUT2D eigenvalue weighted by Crippen LogP contribution is 1.80. The summed E-state index contributed by atoms with van der Waals surface area (Å²) in [5, 5.41) is 16.7. The predicted molar refractivity (Wildman–Crippen MR) is 66.4 cm³/mol. The van der Waals surface area contributed by atoms with Gasteiger partial charge in [0, 0.05) is 14.1 Å². The first-order valence-electron chi connectivity index (χ1n) is 5.75. The van der Waals surface area contributed by atoms with Crippen LogP contribution in [0.3, 0.4) is 0 Å². The normalized spacial score (nSPS) is 9.56. The average Bonchev–Trinajstić information content (AvgIpc) is 2.37. The van der Waals surface area contributed by atoms with E-state index in [1.807, 2.05) is 0 Å². The largest absolute Gasteiger partial charge is 0.394 e. The molecule has 0 rings (SSSR count). The third kappa shape index (κ3) is 24.5. The van der Waals surface area contributed by atoms with Crippen LogP contribution in [0.1, 0.15) is 0 Å². The van der Waals surface area contributed by atoms with Gasteiger partial charge in [-0.15, -0.1) is 0 Å². The molecule has 0 spiro atoms. The van der Waals surface area contributed by atoms with Crippen molar-refractivity contribution in [3.8, 4) is 0 Å². The monoisotopic (exact) mass is 267 g/mol. The van der Waals surface area contributed by atoms with E-state index in [0.29, 0.717) is 39.6 Å². The van der Waals surface area contributed by atoms with Crippen molar-refractivity contribution in [2.24, 2.45) is 0 Å². The van der Waals surface area contributed by atoms with Crippen molar-refractivity contribution in [1.29, 1.82) is 0 Å². The van der Waals surface area contributed by atoms with Gasteiger partial charge >= 0.3 is 0 Å². The fourth-order valence-corrected chi connectivity index (χ4v) is 0.671. The van der Waals surface area contributed by atoms with E-state index < -0.39 is 0 Å². The Labute approximate surface area is 108 Å². The standard InChI is InChI=1S/C8H18O5.C3H7NO/c9-1-3-11-5-7-13-8-6-12-4-2-10;1-4(2)3-5/h9-10H,1-8H2;3H,1-2H3. The molecule has 0 heterocycles. The SMILES string of the molecule is CN(C)C=O.OCCOCCOCCOCCO. The summed E-state index contributed by atoms with van der Waals surface area (Å²) in [6.45, 7) is 2.76. The summed E-state index contributed by atoms with van der Waals surface area (Å²) < 4.78 is 15.0. The van der Waals surface area contributed by atoms with Crippen LogP contribution in [0.4, 0.5) is 0 Å². The molecule has 2 N–H and O–H groups in total. The van der Waals surface area contributed by atoms with Crippen molar-refractivity contribution in [3.63, 3.8) is 0 Å². The number of nitrogens with zero attached hydrogens (tertiary/aromatic N) is 1. The van der Waals surface area contributed by atoms with Gasteiger partial charge < -0.3 is 29.3 Å². The molecule has 0 radical (unpaired) electrons. The fourth-order valence-electron chi connectivity index (χ4n) is 0.671. The minimum absolute atomic E-state index is 0.0413. The van der Waals surface area contributed by atoms with Gasteiger partial charge in [0.05, 0.1) is 52.9 Å². The molecule has 0 aliphatic rings. The lowest BCUT2D eigenvalue weighted by atomic mass is 10.7. The third-order valence-corrected chi connectivity index (χ3v) is 1.43.